The molecule has 0 saturated carbocycles. The van der Waals surface area contributed by atoms with Gasteiger partial charge < -0.3 is 14.8 Å². The first-order valence-electron chi connectivity index (χ1n) is 9.40. The van der Waals surface area contributed by atoms with Crippen molar-refractivity contribution < 1.29 is 14.6 Å². The molecule has 0 bridgehead atoms. The first-order chi connectivity index (χ1) is 14.5. The standard InChI is InChI=1S/C24H18ClNO4/c1-2-30-24(29)19-11-16-10-18(20(25)13-21(16)26-23(19)28)15-8-9-17(22(27)12-15)14-6-4-3-5-7-14/h3-13,27H,2H2,1H3,(H,26,28). The summed E-state index contributed by atoms with van der Waals surface area (Å²) in [4.78, 5) is 26.9. The van der Waals surface area contributed by atoms with Crippen molar-refractivity contribution in [2.24, 2.45) is 0 Å². The average Bonchev–Trinajstić information content (AvgIpc) is 2.73. The number of fused-ring (bicyclic) bond motifs is 1. The zero-order valence-electron chi connectivity index (χ0n) is 16.1. The Bertz CT molecular complexity index is 1310. The number of H-pyrrole nitrogens is 1. The van der Waals surface area contributed by atoms with E-state index in [1.165, 1.54) is 6.07 Å². The second-order valence-electron chi connectivity index (χ2n) is 6.75. The Balaban J connectivity index is 1.81. The molecule has 2 N–H and O–H groups in total. The van der Waals surface area contributed by atoms with Crippen LogP contribution in [0.2, 0.25) is 5.02 Å². The molecule has 0 amide bonds. The van der Waals surface area contributed by atoms with Crippen LogP contribution in [-0.4, -0.2) is 22.7 Å². The van der Waals surface area contributed by atoms with E-state index in [4.69, 9.17) is 16.3 Å². The minimum Gasteiger partial charge on any atom is -0.507 e. The number of ether oxygens (including phenoxy) is 1. The van der Waals surface area contributed by atoms with Gasteiger partial charge >= 0.3 is 5.97 Å². The Morgan fingerprint density at radius 2 is 1.77 bits per heavy atom. The predicted octanol–water partition coefficient (Wildman–Crippen LogP) is 5.40. The molecule has 0 aliphatic heterocycles. The van der Waals surface area contributed by atoms with Crippen LogP contribution in [-0.2, 0) is 4.74 Å². The third-order valence-electron chi connectivity index (χ3n) is 4.82. The SMILES string of the molecule is CCOC(=O)c1cc2cc(-c3ccc(-c4ccccc4)c(O)c3)c(Cl)cc2[nH]c1=O. The van der Waals surface area contributed by atoms with E-state index in [0.29, 0.717) is 32.6 Å². The minimum atomic E-state index is -0.679. The van der Waals surface area contributed by atoms with E-state index in [9.17, 15) is 14.7 Å². The van der Waals surface area contributed by atoms with Gasteiger partial charge in [0.2, 0.25) is 0 Å². The van der Waals surface area contributed by atoms with Crippen molar-refractivity contribution in [3.63, 3.8) is 0 Å². The number of halogens is 1. The van der Waals surface area contributed by atoms with Crippen LogP contribution in [0.4, 0.5) is 0 Å². The lowest BCUT2D eigenvalue weighted by atomic mass is 9.98. The van der Waals surface area contributed by atoms with Crippen LogP contribution in [0.15, 0.2) is 71.5 Å². The summed E-state index contributed by atoms with van der Waals surface area (Å²) >= 11 is 6.46. The normalized spacial score (nSPS) is 10.9. The Morgan fingerprint density at radius 3 is 2.47 bits per heavy atom. The number of benzene rings is 3. The summed E-state index contributed by atoms with van der Waals surface area (Å²) in [7, 11) is 0. The molecule has 0 radical (unpaired) electrons. The van der Waals surface area contributed by atoms with E-state index in [1.54, 1.807) is 25.1 Å². The number of aromatic amines is 1. The number of pyridine rings is 1. The molecule has 30 heavy (non-hydrogen) atoms. The second kappa shape index (κ2) is 8.05. The number of carbonyl (C=O) groups excluding carboxylic acids is 1. The highest BCUT2D eigenvalue weighted by Crippen LogP contribution is 2.37. The topological polar surface area (TPSA) is 79.4 Å². The average molecular weight is 420 g/mol. The first-order valence-corrected chi connectivity index (χ1v) is 9.78. The van der Waals surface area contributed by atoms with Crippen molar-refractivity contribution in [1.82, 2.24) is 4.98 Å². The number of esters is 1. The van der Waals surface area contributed by atoms with E-state index in [2.05, 4.69) is 4.98 Å². The first kappa shape index (κ1) is 19.7. The lowest BCUT2D eigenvalue weighted by molar-refractivity contribution is 0.0524. The number of phenols is 1. The largest absolute Gasteiger partial charge is 0.507 e. The highest BCUT2D eigenvalue weighted by molar-refractivity contribution is 6.34. The van der Waals surface area contributed by atoms with Crippen LogP contribution >= 0.6 is 11.6 Å². The molecular weight excluding hydrogens is 402 g/mol. The molecule has 150 valence electrons. The fourth-order valence-corrected chi connectivity index (χ4v) is 3.64. The van der Waals surface area contributed by atoms with E-state index in [-0.39, 0.29) is 17.9 Å². The maximum Gasteiger partial charge on any atom is 0.343 e. The second-order valence-corrected chi connectivity index (χ2v) is 7.16. The van der Waals surface area contributed by atoms with Crippen molar-refractivity contribution >= 4 is 28.5 Å². The fraction of sp³-hybridized carbons (Fsp3) is 0.0833. The van der Waals surface area contributed by atoms with Gasteiger partial charge in [-0.1, -0.05) is 54.1 Å². The van der Waals surface area contributed by atoms with Crippen LogP contribution in [0.5, 0.6) is 5.75 Å². The highest BCUT2D eigenvalue weighted by Gasteiger charge is 2.15. The number of phenolic OH excluding ortho intramolecular Hbond substituents is 1. The Labute approximate surface area is 177 Å². The summed E-state index contributed by atoms with van der Waals surface area (Å²) in [5.41, 5.74) is 2.90. The summed E-state index contributed by atoms with van der Waals surface area (Å²) in [6.45, 7) is 1.85. The molecule has 5 nitrogen and oxygen atoms in total. The molecule has 0 saturated heterocycles. The van der Waals surface area contributed by atoms with Gasteiger partial charge in [-0.15, -0.1) is 0 Å². The van der Waals surface area contributed by atoms with E-state index in [1.807, 2.05) is 42.5 Å². The molecule has 6 heteroatoms. The number of carbonyl (C=O) groups is 1. The monoisotopic (exact) mass is 419 g/mol. The van der Waals surface area contributed by atoms with Crippen LogP contribution < -0.4 is 5.56 Å². The summed E-state index contributed by atoms with van der Waals surface area (Å²) in [6, 6.07) is 19.8. The minimum absolute atomic E-state index is 0.0695. The van der Waals surface area contributed by atoms with Gasteiger partial charge in [0.1, 0.15) is 11.3 Å². The molecule has 0 aliphatic rings. The molecule has 0 unspecified atom stereocenters. The zero-order chi connectivity index (χ0) is 21.3. The third kappa shape index (κ3) is 3.67. The summed E-state index contributed by atoms with van der Waals surface area (Å²) < 4.78 is 4.95. The van der Waals surface area contributed by atoms with E-state index in [0.717, 1.165) is 5.56 Å². The number of hydrogen-bond acceptors (Lipinski definition) is 4. The molecule has 1 heterocycles. The van der Waals surface area contributed by atoms with E-state index >= 15 is 0 Å². The molecule has 4 aromatic rings. The van der Waals surface area contributed by atoms with Gasteiger partial charge in [0.15, 0.2) is 0 Å². The highest BCUT2D eigenvalue weighted by atomic mass is 35.5. The fourth-order valence-electron chi connectivity index (χ4n) is 3.37. The maximum absolute atomic E-state index is 12.2. The van der Waals surface area contributed by atoms with Crippen LogP contribution in [0, 0.1) is 0 Å². The van der Waals surface area contributed by atoms with Crippen LogP contribution in [0.1, 0.15) is 17.3 Å². The summed E-state index contributed by atoms with van der Waals surface area (Å²) in [6.07, 6.45) is 0. The Morgan fingerprint density at radius 1 is 1.00 bits per heavy atom. The van der Waals surface area contributed by atoms with Gasteiger partial charge in [0.25, 0.3) is 5.56 Å². The third-order valence-corrected chi connectivity index (χ3v) is 5.13. The smallest absolute Gasteiger partial charge is 0.343 e. The van der Waals surface area contributed by atoms with E-state index < -0.39 is 11.5 Å². The number of hydrogen-bond donors (Lipinski definition) is 2. The predicted molar refractivity (Wildman–Crippen MR) is 118 cm³/mol. The van der Waals surface area contributed by atoms with Gasteiger partial charge in [0.05, 0.1) is 11.6 Å². The number of aromatic hydroxyl groups is 1. The molecule has 0 fully saturated rings. The summed E-state index contributed by atoms with van der Waals surface area (Å²) in [5, 5.41) is 11.6. The Hall–Kier alpha value is -3.57. The Kier molecular flexibility index (Phi) is 5.29. The lowest BCUT2D eigenvalue weighted by Gasteiger charge is -2.11. The maximum atomic E-state index is 12.2. The number of aromatic nitrogens is 1. The van der Waals surface area contributed by atoms with Crippen LogP contribution in [0.3, 0.4) is 0 Å². The molecule has 0 spiro atoms. The van der Waals surface area contributed by atoms with Crippen molar-refractivity contribution in [2.45, 2.75) is 6.92 Å². The van der Waals surface area contributed by atoms with Gasteiger partial charge in [-0.3, -0.25) is 4.79 Å². The van der Waals surface area contributed by atoms with Crippen LogP contribution in [0.25, 0.3) is 33.2 Å². The quantitative estimate of drug-likeness (QED) is 0.434. The zero-order valence-corrected chi connectivity index (χ0v) is 16.9. The van der Waals surface area contributed by atoms with Gasteiger partial charge in [-0.2, -0.15) is 0 Å². The van der Waals surface area contributed by atoms with Crippen molar-refractivity contribution in [3.05, 3.63) is 87.7 Å². The molecular formula is C24H18ClNO4. The number of nitrogens with one attached hydrogen (secondary N) is 1. The molecule has 3 aromatic carbocycles. The lowest BCUT2D eigenvalue weighted by Crippen LogP contribution is -2.19. The van der Waals surface area contributed by atoms with Gasteiger partial charge in [0, 0.05) is 16.6 Å². The van der Waals surface area contributed by atoms with Crippen molar-refractivity contribution in [2.75, 3.05) is 6.61 Å². The molecule has 0 aliphatic carbocycles. The summed E-state index contributed by atoms with van der Waals surface area (Å²) in [5.74, 6) is -0.550. The van der Waals surface area contributed by atoms with Gasteiger partial charge in [-0.25, -0.2) is 4.79 Å². The molecule has 1 aromatic heterocycles. The van der Waals surface area contributed by atoms with Gasteiger partial charge in [-0.05, 0) is 47.7 Å². The van der Waals surface area contributed by atoms with Crippen molar-refractivity contribution in [1.29, 1.82) is 0 Å². The number of rotatable bonds is 4. The molecule has 0 atom stereocenters. The molecule has 4 rings (SSSR count). The van der Waals surface area contributed by atoms with Crippen molar-refractivity contribution in [3.8, 4) is 28.0 Å².